The van der Waals surface area contributed by atoms with Crippen molar-refractivity contribution < 1.29 is 28.1 Å². The van der Waals surface area contributed by atoms with E-state index < -0.39 is 0 Å². The molecule has 9 heteroatoms. The minimum absolute atomic E-state index is 0.0706. The van der Waals surface area contributed by atoms with Gasteiger partial charge in [0.15, 0.2) is 16.7 Å². The third-order valence-corrected chi connectivity index (χ3v) is 6.62. The SMILES string of the molecule is CCOc1cc(/C=C2\SC(=Nc3ccc(OC)cc3)N(CCOC)C2=O)ccc1OCc1ccccc1F. The van der Waals surface area contributed by atoms with Crippen LogP contribution in [-0.2, 0) is 16.1 Å². The molecule has 0 saturated carbocycles. The van der Waals surface area contributed by atoms with Crippen LogP contribution in [0.4, 0.5) is 10.1 Å². The zero-order valence-corrected chi connectivity index (χ0v) is 22.3. The Morgan fingerprint density at radius 3 is 2.50 bits per heavy atom. The number of hydrogen-bond donors (Lipinski definition) is 0. The Hall–Kier alpha value is -3.82. The van der Waals surface area contributed by atoms with Gasteiger partial charge in [0.2, 0.25) is 0 Å². The summed E-state index contributed by atoms with van der Waals surface area (Å²) in [6, 6.07) is 19.2. The number of rotatable bonds is 11. The summed E-state index contributed by atoms with van der Waals surface area (Å²) in [4.78, 5) is 20.1. The molecular weight excluding hydrogens is 507 g/mol. The van der Waals surface area contributed by atoms with Gasteiger partial charge in [-0.15, -0.1) is 0 Å². The third-order valence-electron chi connectivity index (χ3n) is 5.61. The van der Waals surface area contributed by atoms with Gasteiger partial charge in [0, 0.05) is 12.7 Å². The van der Waals surface area contributed by atoms with Gasteiger partial charge in [-0.05, 0) is 72.8 Å². The lowest BCUT2D eigenvalue weighted by Crippen LogP contribution is -2.32. The molecule has 4 rings (SSSR count). The maximum Gasteiger partial charge on any atom is 0.266 e. The fourth-order valence-electron chi connectivity index (χ4n) is 3.66. The molecule has 0 aromatic heterocycles. The van der Waals surface area contributed by atoms with E-state index in [-0.39, 0.29) is 18.3 Å². The van der Waals surface area contributed by atoms with Crippen molar-refractivity contribution in [2.45, 2.75) is 13.5 Å². The van der Waals surface area contributed by atoms with E-state index in [0.29, 0.717) is 52.6 Å². The van der Waals surface area contributed by atoms with Gasteiger partial charge < -0.3 is 18.9 Å². The van der Waals surface area contributed by atoms with Gasteiger partial charge >= 0.3 is 0 Å². The zero-order chi connectivity index (χ0) is 26.9. The lowest BCUT2D eigenvalue weighted by atomic mass is 10.1. The van der Waals surface area contributed by atoms with Crippen LogP contribution in [0, 0.1) is 5.82 Å². The summed E-state index contributed by atoms with van der Waals surface area (Å²) in [6.45, 7) is 3.12. The van der Waals surface area contributed by atoms with E-state index in [0.717, 1.165) is 11.3 Å². The Balaban J connectivity index is 1.58. The molecule has 0 radical (unpaired) electrons. The number of halogens is 1. The summed E-state index contributed by atoms with van der Waals surface area (Å²) in [6.07, 6.45) is 1.80. The molecule has 1 heterocycles. The van der Waals surface area contributed by atoms with Crippen LogP contribution in [0.3, 0.4) is 0 Å². The van der Waals surface area contributed by atoms with Crippen LogP contribution < -0.4 is 14.2 Å². The second-order valence-electron chi connectivity index (χ2n) is 8.17. The maximum absolute atomic E-state index is 14.0. The first-order valence-corrected chi connectivity index (χ1v) is 12.9. The van der Waals surface area contributed by atoms with Gasteiger partial charge in [0.05, 0.1) is 37.5 Å². The van der Waals surface area contributed by atoms with Gasteiger partial charge in [-0.25, -0.2) is 9.38 Å². The highest BCUT2D eigenvalue weighted by molar-refractivity contribution is 8.18. The Kier molecular flexibility index (Phi) is 9.40. The van der Waals surface area contributed by atoms with Gasteiger partial charge in [-0.2, -0.15) is 0 Å². The minimum atomic E-state index is -0.325. The summed E-state index contributed by atoms with van der Waals surface area (Å²) in [5.41, 5.74) is 1.92. The van der Waals surface area contributed by atoms with Crippen molar-refractivity contribution >= 4 is 34.6 Å². The van der Waals surface area contributed by atoms with E-state index in [1.807, 2.05) is 37.3 Å². The van der Waals surface area contributed by atoms with Crippen molar-refractivity contribution in [2.75, 3.05) is 34.0 Å². The van der Waals surface area contributed by atoms with Crippen LogP contribution in [0.25, 0.3) is 6.08 Å². The van der Waals surface area contributed by atoms with Gasteiger partial charge in [-0.3, -0.25) is 9.69 Å². The van der Waals surface area contributed by atoms with Gasteiger partial charge in [-0.1, -0.05) is 24.3 Å². The minimum Gasteiger partial charge on any atom is -0.497 e. The number of thioether (sulfide) groups is 1. The fraction of sp³-hybridized carbons (Fsp3) is 0.241. The molecule has 7 nitrogen and oxygen atoms in total. The second-order valence-corrected chi connectivity index (χ2v) is 9.18. The maximum atomic E-state index is 14.0. The molecule has 0 aliphatic carbocycles. The summed E-state index contributed by atoms with van der Waals surface area (Å²) in [5, 5.41) is 0.568. The first kappa shape index (κ1) is 27.2. The number of amidine groups is 1. The number of benzene rings is 3. The van der Waals surface area contributed by atoms with Crippen molar-refractivity contribution in [3.8, 4) is 17.2 Å². The summed E-state index contributed by atoms with van der Waals surface area (Å²) < 4.78 is 36.1. The zero-order valence-electron chi connectivity index (χ0n) is 21.5. The third kappa shape index (κ3) is 6.73. The molecule has 3 aromatic rings. The van der Waals surface area contributed by atoms with Gasteiger partial charge in [0.25, 0.3) is 5.91 Å². The number of methoxy groups -OCH3 is 2. The molecule has 1 amide bonds. The predicted octanol–water partition coefficient (Wildman–Crippen LogP) is 6.06. The molecule has 38 heavy (non-hydrogen) atoms. The Labute approximate surface area is 225 Å². The lowest BCUT2D eigenvalue weighted by Gasteiger charge is -2.14. The largest absolute Gasteiger partial charge is 0.497 e. The van der Waals surface area contributed by atoms with Crippen LogP contribution in [0.2, 0.25) is 0 Å². The number of amides is 1. The monoisotopic (exact) mass is 536 g/mol. The second kappa shape index (κ2) is 13.1. The average molecular weight is 537 g/mol. The lowest BCUT2D eigenvalue weighted by molar-refractivity contribution is -0.122. The van der Waals surface area contributed by atoms with Crippen LogP contribution in [-0.4, -0.2) is 50.0 Å². The molecular formula is C29H29FN2O5S. The number of hydrogen-bond acceptors (Lipinski definition) is 7. The average Bonchev–Trinajstić information content (AvgIpc) is 3.21. The molecule has 1 fully saturated rings. The van der Waals surface area contributed by atoms with E-state index in [4.69, 9.17) is 18.9 Å². The van der Waals surface area contributed by atoms with E-state index >= 15 is 0 Å². The summed E-state index contributed by atoms with van der Waals surface area (Å²) >= 11 is 1.30. The molecule has 1 aliphatic rings. The van der Waals surface area contributed by atoms with E-state index in [1.165, 1.54) is 17.8 Å². The fourth-order valence-corrected chi connectivity index (χ4v) is 4.69. The molecule has 1 aliphatic heterocycles. The number of carbonyl (C=O) groups is 1. The molecule has 0 N–H and O–H groups in total. The molecule has 1 saturated heterocycles. The highest BCUT2D eigenvalue weighted by atomic mass is 32.2. The van der Waals surface area contributed by atoms with E-state index in [9.17, 15) is 9.18 Å². The van der Waals surface area contributed by atoms with Crippen LogP contribution in [0.1, 0.15) is 18.1 Å². The van der Waals surface area contributed by atoms with Crippen molar-refractivity contribution in [3.63, 3.8) is 0 Å². The molecule has 3 aromatic carbocycles. The van der Waals surface area contributed by atoms with E-state index in [2.05, 4.69) is 4.99 Å². The molecule has 198 valence electrons. The van der Waals surface area contributed by atoms with Crippen molar-refractivity contribution in [2.24, 2.45) is 4.99 Å². The number of ether oxygens (including phenoxy) is 4. The van der Waals surface area contributed by atoms with Crippen molar-refractivity contribution in [3.05, 3.63) is 88.6 Å². The summed E-state index contributed by atoms with van der Waals surface area (Å²) in [7, 11) is 3.20. The molecule has 0 unspecified atom stereocenters. The highest BCUT2D eigenvalue weighted by Crippen LogP contribution is 2.36. The normalized spacial score (nSPS) is 15.4. The van der Waals surface area contributed by atoms with E-state index in [1.54, 1.807) is 55.5 Å². The first-order valence-electron chi connectivity index (χ1n) is 12.1. The number of nitrogens with zero attached hydrogens (tertiary/aromatic N) is 2. The number of carbonyl (C=O) groups excluding carboxylic acids is 1. The Morgan fingerprint density at radius 1 is 1.00 bits per heavy atom. The van der Waals surface area contributed by atoms with Crippen LogP contribution in [0.15, 0.2) is 76.6 Å². The first-order chi connectivity index (χ1) is 18.5. The van der Waals surface area contributed by atoms with Crippen LogP contribution >= 0.6 is 11.8 Å². The topological polar surface area (TPSA) is 69.6 Å². The predicted molar refractivity (Wildman–Crippen MR) is 148 cm³/mol. The highest BCUT2D eigenvalue weighted by Gasteiger charge is 2.33. The van der Waals surface area contributed by atoms with Crippen LogP contribution in [0.5, 0.6) is 17.2 Å². The molecule has 0 atom stereocenters. The molecule has 0 bridgehead atoms. The Bertz CT molecular complexity index is 1330. The van der Waals surface area contributed by atoms with Crippen molar-refractivity contribution in [1.82, 2.24) is 4.90 Å². The smallest absolute Gasteiger partial charge is 0.266 e. The molecule has 0 spiro atoms. The standard InChI is InChI=1S/C29H29FN2O5S/c1-4-36-26-17-20(9-14-25(26)37-19-21-7-5-6-8-24(21)30)18-27-28(33)32(15-16-34-2)29(38-27)31-22-10-12-23(35-3)13-11-22/h5-14,17-18H,4,15-16,19H2,1-3H3/b27-18-,31-29?. The van der Waals surface area contributed by atoms with Crippen molar-refractivity contribution in [1.29, 1.82) is 0 Å². The quantitative estimate of drug-likeness (QED) is 0.278. The summed E-state index contributed by atoms with van der Waals surface area (Å²) in [5.74, 6) is 1.25. The number of aliphatic imine (C=N–C) groups is 1. The Morgan fingerprint density at radius 2 is 1.79 bits per heavy atom. The van der Waals surface area contributed by atoms with Gasteiger partial charge in [0.1, 0.15) is 18.2 Å².